The molecule has 1 aromatic heterocycles. The molecule has 2 aromatic carbocycles. The number of sulfonamides is 1. The molecule has 3 aliphatic carbocycles. The van der Waals surface area contributed by atoms with E-state index >= 15 is 0 Å². The van der Waals surface area contributed by atoms with Gasteiger partial charge in [0.25, 0.3) is 10.0 Å². The van der Waals surface area contributed by atoms with Crippen LogP contribution >= 0.6 is 11.3 Å². The summed E-state index contributed by atoms with van der Waals surface area (Å²) in [7, 11) is -2.31. The quantitative estimate of drug-likeness (QED) is 0.184. The van der Waals surface area contributed by atoms with E-state index in [0.29, 0.717) is 62.0 Å². The van der Waals surface area contributed by atoms with E-state index in [-0.39, 0.29) is 35.1 Å². The molecule has 1 saturated carbocycles. The van der Waals surface area contributed by atoms with Crippen molar-refractivity contribution in [3.05, 3.63) is 93.9 Å². The molecule has 1 aliphatic heterocycles. The van der Waals surface area contributed by atoms with Crippen LogP contribution in [-0.2, 0) is 21.2 Å². The molecule has 2 heterocycles. The van der Waals surface area contributed by atoms with E-state index < -0.39 is 27.1 Å². The molecular formula is C39H49NO7S2. The van der Waals surface area contributed by atoms with Gasteiger partial charge in [-0.2, -0.15) is 4.31 Å². The normalized spacial score (nSPS) is 27.9. The van der Waals surface area contributed by atoms with Crippen molar-refractivity contribution in [1.82, 2.24) is 4.31 Å². The van der Waals surface area contributed by atoms with E-state index in [9.17, 15) is 23.4 Å². The Morgan fingerprint density at radius 1 is 1.10 bits per heavy atom. The number of nitrogens with zero attached hydrogens (tertiary/aromatic N) is 1. The van der Waals surface area contributed by atoms with Gasteiger partial charge in [0.05, 0.1) is 24.9 Å². The molecule has 5 atom stereocenters. The van der Waals surface area contributed by atoms with Crippen LogP contribution < -0.4 is 4.74 Å². The van der Waals surface area contributed by atoms with Crippen LogP contribution in [-0.4, -0.2) is 73.3 Å². The van der Waals surface area contributed by atoms with E-state index in [1.165, 1.54) is 21.2 Å². The summed E-state index contributed by atoms with van der Waals surface area (Å²) in [4.78, 5) is 14.3. The van der Waals surface area contributed by atoms with E-state index in [4.69, 9.17) is 9.47 Å². The van der Waals surface area contributed by atoms with Crippen LogP contribution in [0.25, 0.3) is 0 Å². The fourth-order valence-corrected chi connectivity index (χ4v) is 10.9. The molecular weight excluding hydrogens is 659 g/mol. The standard InChI is InChI=1S/C39H49NO7S2/c1-27-7-4-19-38(2)35(18-20-39(38,43)26-40(25-32-8-5-21-47-32)49(44,45)36-9-6-22-48-36)33-17-11-28(23-30(41)14-10-27)24-34(33)37(42)29-12-15-31(46-3)16-13-29/h6-7,9,11-13,15-17,22,24,30,32,35,41,43H,4-5,8,10,14,18-21,23,25-26H2,1-3H3/t30-,32+,35-,38-,39+/m0/s1. The maximum Gasteiger partial charge on any atom is 0.252 e. The topological polar surface area (TPSA) is 113 Å². The highest BCUT2D eigenvalue weighted by atomic mass is 32.2. The molecule has 49 heavy (non-hydrogen) atoms. The number of hydrogen-bond donors (Lipinski definition) is 2. The zero-order valence-corrected chi connectivity index (χ0v) is 30.4. The zero-order valence-electron chi connectivity index (χ0n) is 28.8. The van der Waals surface area contributed by atoms with E-state index in [2.05, 4.69) is 19.9 Å². The van der Waals surface area contributed by atoms with Crippen LogP contribution in [0.5, 0.6) is 5.75 Å². The first-order valence-electron chi connectivity index (χ1n) is 17.5. The van der Waals surface area contributed by atoms with Crippen molar-refractivity contribution < 1.29 is 32.9 Å². The highest BCUT2D eigenvalue weighted by Gasteiger charge is 2.58. The summed E-state index contributed by atoms with van der Waals surface area (Å²) < 4.78 is 41.3. The Bertz CT molecular complexity index is 1750. The van der Waals surface area contributed by atoms with Crippen molar-refractivity contribution >= 4 is 27.1 Å². The molecule has 8 nitrogen and oxygen atoms in total. The van der Waals surface area contributed by atoms with Gasteiger partial charge >= 0.3 is 0 Å². The summed E-state index contributed by atoms with van der Waals surface area (Å²) in [5.74, 6) is 0.305. The van der Waals surface area contributed by atoms with Gasteiger partial charge in [-0.1, -0.05) is 36.8 Å². The second kappa shape index (κ2) is 14.8. The lowest BCUT2D eigenvalue weighted by molar-refractivity contribution is -0.0754. The lowest BCUT2D eigenvalue weighted by Crippen LogP contribution is -2.54. The van der Waals surface area contributed by atoms with Crippen LogP contribution in [0.2, 0.25) is 0 Å². The number of aliphatic hydroxyl groups excluding tert-OH is 1. The second-order valence-corrected chi connectivity index (χ2v) is 17.5. The Morgan fingerprint density at radius 2 is 1.90 bits per heavy atom. The van der Waals surface area contributed by atoms with E-state index in [1.807, 2.05) is 18.2 Å². The highest BCUT2D eigenvalue weighted by molar-refractivity contribution is 7.91. The summed E-state index contributed by atoms with van der Waals surface area (Å²) in [6, 6.07) is 16.4. The van der Waals surface area contributed by atoms with Crippen LogP contribution in [0.1, 0.15) is 98.2 Å². The van der Waals surface area contributed by atoms with E-state index in [1.54, 1.807) is 48.9 Å². The molecule has 2 N–H and O–H groups in total. The molecule has 4 aliphatic rings. The fraction of sp³-hybridized carbons (Fsp3) is 0.513. The number of ketones is 1. The largest absolute Gasteiger partial charge is 0.497 e. The maximum atomic E-state index is 14.3. The average Bonchev–Trinajstić information content (AvgIpc) is 3.86. The minimum atomic E-state index is -3.90. The highest BCUT2D eigenvalue weighted by Crippen LogP contribution is 2.59. The Morgan fingerprint density at radius 3 is 2.59 bits per heavy atom. The number of ether oxygens (including phenoxy) is 2. The molecule has 2 bridgehead atoms. The van der Waals surface area contributed by atoms with Crippen molar-refractivity contribution in [1.29, 1.82) is 0 Å². The van der Waals surface area contributed by atoms with Crippen molar-refractivity contribution in [2.45, 2.75) is 99.6 Å². The predicted molar refractivity (Wildman–Crippen MR) is 192 cm³/mol. The monoisotopic (exact) mass is 707 g/mol. The Hall–Kier alpha value is -2.86. The summed E-state index contributed by atoms with van der Waals surface area (Å²) in [6.07, 6.45) is 7.12. The lowest BCUT2D eigenvalue weighted by Gasteiger charge is -2.46. The number of methoxy groups -OCH3 is 1. The number of aliphatic hydroxyl groups is 2. The molecule has 0 amide bonds. The number of hydrogen-bond acceptors (Lipinski definition) is 8. The lowest BCUT2D eigenvalue weighted by atomic mass is 9.64. The SMILES string of the molecule is COc1ccc(C(=O)c2cc3ccc2[C@@H]2CC[C@@](O)(CN(C[C@H]4CCCO4)S(=O)(=O)c4cccs4)[C@@]2(C)CCC=C(C)CC[C@H](O)C3)cc1. The van der Waals surface area contributed by atoms with Crippen molar-refractivity contribution in [3.8, 4) is 5.75 Å². The number of thiophene rings is 1. The van der Waals surface area contributed by atoms with Gasteiger partial charge < -0.3 is 19.7 Å². The summed E-state index contributed by atoms with van der Waals surface area (Å²) >= 11 is 1.18. The molecule has 0 unspecified atom stereocenters. The van der Waals surface area contributed by atoms with Crippen molar-refractivity contribution in [2.75, 3.05) is 26.8 Å². The first-order valence-corrected chi connectivity index (χ1v) is 19.8. The van der Waals surface area contributed by atoms with Crippen molar-refractivity contribution in [3.63, 3.8) is 0 Å². The van der Waals surface area contributed by atoms with Gasteiger partial charge in [0.15, 0.2) is 5.78 Å². The third-order valence-electron chi connectivity index (χ3n) is 11.2. The van der Waals surface area contributed by atoms with Crippen LogP contribution in [0.15, 0.2) is 75.8 Å². The molecule has 7 rings (SSSR count). The number of carbonyl (C=O) groups is 1. The third kappa shape index (κ3) is 7.46. The minimum absolute atomic E-state index is 0.0607. The summed E-state index contributed by atoms with van der Waals surface area (Å²) in [5.41, 5.74) is 1.84. The fourth-order valence-electron chi connectivity index (χ4n) is 8.19. The average molecular weight is 708 g/mol. The van der Waals surface area contributed by atoms with Crippen LogP contribution in [0.3, 0.4) is 0 Å². The smallest absolute Gasteiger partial charge is 0.252 e. The van der Waals surface area contributed by atoms with Gasteiger partial charge in [0, 0.05) is 36.2 Å². The summed E-state index contributed by atoms with van der Waals surface area (Å²) in [6.45, 7) is 4.89. The first kappa shape index (κ1) is 35.9. The minimum Gasteiger partial charge on any atom is -0.497 e. The Kier molecular flexibility index (Phi) is 10.8. The molecule has 10 heteroatoms. The van der Waals surface area contributed by atoms with Crippen LogP contribution in [0, 0.1) is 5.41 Å². The van der Waals surface area contributed by atoms with Gasteiger partial charge in [0.1, 0.15) is 9.96 Å². The molecule has 264 valence electrons. The molecule has 0 radical (unpaired) electrons. The molecule has 2 fully saturated rings. The molecule has 1 saturated heterocycles. The van der Waals surface area contributed by atoms with Gasteiger partial charge in [0.2, 0.25) is 0 Å². The Balaban J connectivity index is 1.44. The van der Waals surface area contributed by atoms with Gasteiger partial charge in [-0.15, -0.1) is 11.3 Å². The van der Waals surface area contributed by atoms with Gasteiger partial charge in [-0.3, -0.25) is 4.79 Å². The zero-order chi connectivity index (χ0) is 34.8. The molecule has 3 aromatic rings. The number of allylic oxidation sites excluding steroid dienone is 2. The number of fused-ring (bicyclic) bond motifs is 8. The Labute approximate surface area is 294 Å². The van der Waals surface area contributed by atoms with Gasteiger partial charge in [-0.05, 0) is 124 Å². The number of benzene rings is 2. The van der Waals surface area contributed by atoms with Gasteiger partial charge in [-0.25, -0.2) is 8.42 Å². The van der Waals surface area contributed by atoms with Crippen molar-refractivity contribution in [2.24, 2.45) is 5.41 Å². The predicted octanol–water partition coefficient (Wildman–Crippen LogP) is 6.90. The maximum absolute atomic E-state index is 14.3. The number of carbonyl (C=O) groups excluding carboxylic acids is 1. The number of rotatable bonds is 9. The van der Waals surface area contributed by atoms with Crippen LogP contribution in [0.4, 0.5) is 0 Å². The second-order valence-electron chi connectivity index (χ2n) is 14.4. The first-order chi connectivity index (χ1) is 23.4. The van der Waals surface area contributed by atoms with E-state index in [0.717, 1.165) is 30.4 Å². The molecule has 0 spiro atoms. The third-order valence-corrected chi connectivity index (χ3v) is 14.4. The summed E-state index contributed by atoms with van der Waals surface area (Å²) in [5, 5.41) is 25.6.